The summed E-state index contributed by atoms with van der Waals surface area (Å²) < 4.78 is 5.76. The number of carbonyl (C=O) groups excluding carboxylic acids is 1. The van der Waals surface area contributed by atoms with Gasteiger partial charge in [0, 0.05) is 51.3 Å². The van der Waals surface area contributed by atoms with Gasteiger partial charge in [-0.3, -0.25) is 19.8 Å². The molecule has 0 atom stereocenters. The van der Waals surface area contributed by atoms with Crippen LogP contribution in [0.1, 0.15) is 12.2 Å². The number of amides is 1. The summed E-state index contributed by atoms with van der Waals surface area (Å²) in [6.07, 6.45) is 2.13. The number of piperazine rings is 1. The highest BCUT2D eigenvalue weighted by Gasteiger charge is 2.28. The Kier molecular flexibility index (Phi) is 6.16. The Labute approximate surface area is 182 Å². The first-order valence-corrected chi connectivity index (χ1v) is 10.6. The average molecular weight is 437 g/mol. The number of benzene rings is 1. The van der Waals surface area contributed by atoms with Crippen molar-refractivity contribution in [1.82, 2.24) is 9.80 Å². The number of aliphatic imine (C=N–C) groups is 1. The molecule has 10 heteroatoms. The van der Waals surface area contributed by atoms with Crippen molar-refractivity contribution in [3.8, 4) is 17.4 Å². The highest BCUT2D eigenvalue weighted by atomic mass is 32.2. The molecule has 0 radical (unpaired) electrons. The minimum Gasteiger partial charge on any atom is -0.456 e. The van der Waals surface area contributed by atoms with Gasteiger partial charge >= 0.3 is 0 Å². The first kappa shape index (κ1) is 20.8. The van der Waals surface area contributed by atoms with Crippen LogP contribution in [0.3, 0.4) is 0 Å². The van der Waals surface area contributed by atoms with Crippen LogP contribution in [0, 0.1) is 21.4 Å². The van der Waals surface area contributed by atoms with E-state index in [0.29, 0.717) is 33.6 Å². The number of nitriles is 1. The van der Waals surface area contributed by atoms with Crippen molar-refractivity contribution in [3.05, 3.63) is 57.2 Å². The molecule has 1 amide bonds. The predicted octanol–water partition coefficient (Wildman–Crippen LogP) is 3.36. The zero-order chi connectivity index (χ0) is 21.8. The predicted molar refractivity (Wildman–Crippen MR) is 117 cm³/mol. The SMILES string of the molecule is N#CCCN1CCN(C2=NC(=O)/C(=C\c3ccc(-c4ccccc4[N+](=O)[O-])o3)S2)CC1. The lowest BCUT2D eigenvalue weighted by Crippen LogP contribution is -2.47. The maximum atomic E-state index is 12.4. The number of amidine groups is 1. The van der Waals surface area contributed by atoms with Crippen molar-refractivity contribution < 1.29 is 14.1 Å². The van der Waals surface area contributed by atoms with Crippen molar-refractivity contribution in [2.45, 2.75) is 6.42 Å². The minimum absolute atomic E-state index is 0.0399. The highest BCUT2D eigenvalue weighted by molar-refractivity contribution is 8.18. The number of hydrogen-bond donors (Lipinski definition) is 0. The third-order valence-corrected chi connectivity index (χ3v) is 6.10. The van der Waals surface area contributed by atoms with Gasteiger partial charge in [-0.15, -0.1) is 0 Å². The van der Waals surface area contributed by atoms with E-state index in [-0.39, 0.29) is 11.6 Å². The molecule has 0 spiro atoms. The zero-order valence-electron chi connectivity index (χ0n) is 16.6. The van der Waals surface area contributed by atoms with Crippen molar-refractivity contribution in [2.24, 2.45) is 4.99 Å². The summed E-state index contributed by atoms with van der Waals surface area (Å²) in [5.41, 5.74) is 0.343. The second kappa shape index (κ2) is 9.16. The zero-order valence-corrected chi connectivity index (χ0v) is 17.4. The van der Waals surface area contributed by atoms with E-state index >= 15 is 0 Å². The van der Waals surface area contributed by atoms with Gasteiger partial charge in [0.2, 0.25) is 0 Å². The van der Waals surface area contributed by atoms with Crippen LogP contribution in [-0.4, -0.2) is 58.5 Å². The molecule has 9 nitrogen and oxygen atoms in total. The Morgan fingerprint density at radius 3 is 2.74 bits per heavy atom. The lowest BCUT2D eigenvalue weighted by atomic mass is 10.1. The van der Waals surface area contributed by atoms with Crippen LogP contribution in [0.2, 0.25) is 0 Å². The largest absolute Gasteiger partial charge is 0.456 e. The monoisotopic (exact) mass is 437 g/mol. The molecular weight excluding hydrogens is 418 g/mol. The standard InChI is InChI=1S/C21H19N5O4S/c22-8-3-9-24-10-12-25(13-11-24)21-23-20(27)19(31-21)14-15-6-7-18(30-15)16-4-1-2-5-17(16)26(28)29/h1-2,4-7,14H,3,9-13H2/b19-14+. The molecule has 0 N–H and O–H groups in total. The van der Waals surface area contributed by atoms with Gasteiger partial charge in [0.15, 0.2) is 5.17 Å². The first-order valence-electron chi connectivity index (χ1n) is 9.75. The number of furan rings is 1. The minimum atomic E-state index is -0.452. The fourth-order valence-electron chi connectivity index (χ4n) is 3.45. The first-order chi connectivity index (χ1) is 15.0. The van der Waals surface area contributed by atoms with Gasteiger partial charge in [-0.1, -0.05) is 12.1 Å². The number of thioether (sulfide) groups is 1. The lowest BCUT2D eigenvalue weighted by Gasteiger charge is -2.34. The van der Waals surface area contributed by atoms with E-state index in [1.54, 1.807) is 36.4 Å². The number of rotatable bonds is 5. The quantitative estimate of drug-likeness (QED) is 0.397. The lowest BCUT2D eigenvalue weighted by molar-refractivity contribution is -0.384. The summed E-state index contributed by atoms with van der Waals surface area (Å²) in [6.45, 7) is 3.91. The number of carbonyl (C=O) groups is 1. The van der Waals surface area contributed by atoms with Gasteiger partial charge in [-0.25, -0.2) is 0 Å². The molecule has 1 saturated heterocycles. The Morgan fingerprint density at radius 1 is 1.23 bits per heavy atom. The number of para-hydroxylation sites is 1. The second-order valence-electron chi connectivity index (χ2n) is 7.02. The van der Waals surface area contributed by atoms with Gasteiger partial charge in [0.25, 0.3) is 11.6 Å². The van der Waals surface area contributed by atoms with Gasteiger partial charge in [-0.2, -0.15) is 10.3 Å². The van der Waals surface area contributed by atoms with Gasteiger partial charge in [0.05, 0.1) is 21.5 Å². The van der Waals surface area contributed by atoms with Gasteiger partial charge in [0.1, 0.15) is 11.5 Å². The van der Waals surface area contributed by atoms with E-state index < -0.39 is 4.92 Å². The second-order valence-corrected chi connectivity index (χ2v) is 8.03. The molecule has 0 unspecified atom stereocenters. The van der Waals surface area contributed by atoms with E-state index in [0.717, 1.165) is 32.7 Å². The van der Waals surface area contributed by atoms with E-state index in [2.05, 4.69) is 20.9 Å². The molecule has 2 aromatic rings. The molecule has 0 bridgehead atoms. The van der Waals surface area contributed by atoms with Crippen molar-refractivity contribution in [2.75, 3.05) is 32.7 Å². The summed E-state index contributed by atoms with van der Waals surface area (Å²) in [5, 5.41) is 20.6. The molecule has 1 fully saturated rings. The molecule has 158 valence electrons. The normalized spacial score (nSPS) is 18.3. The average Bonchev–Trinajstić information content (AvgIpc) is 3.39. The fourth-order valence-corrected chi connectivity index (χ4v) is 4.39. The molecule has 2 aliphatic heterocycles. The third-order valence-electron chi connectivity index (χ3n) is 5.06. The molecular formula is C21H19N5O4S. The van der Waals surface area contributed by atoms with Crippen LogP contribution in [0.4, 0.5) is 5.69 Å². The molecule has 1 aromatic carbocycles. The van der Waals surface area contributed by atoms with Crippen LogP contribution in [0.15, 0.2) is 50.7 Å². The third kappa shape index (κ3) is 4.68. The molecule has 3 heterocycles. The van der Waals surface area contributed by atoms with E-state index in [9.17, 15) is 14.9 Å². The van der Waals surface area contributed by atoms with E-state index in [4.69, 9.17) is 9.68 Å². The molecule has 1 aromatic heterocycles. The molecule has 0 aliphatic carbocycles. The van der Waals surface area contributed by atoms with E-state index in [1.165, 1.54) is 17.8 Å². The Hall–Kier alpha value is -3.42. The summed E-state index contributed by atoms with van der Waals surface area (Å²) >= 11 is 1.30. The number of nitrogens with zero attached hydrogens (tertiary/aromatic N) is 5. The fraction of sp³-hybridized carbons (Fsp3) is 0.286. The van der Waals surface area contributed by atoms with Gasteiger partial charge < -0.3 is 9.32 Å². The maximum absolute atomic E-state index is 12.4. The maximum Gasteiger partial charge on any atom is 0.286 e. The van der Waals surface area contributed by atoms with Crippen LogP contribution < -0.4 is 0 Å². The smallest absolute Gasteiger partial charge is 0.286 e. The molecule has 4 rings (SSSR count). The van der Waals surface area contributed by atoms with Crippen LogP contribution in [-0.2, 0) is 4.79 Å². The van der Waals surface area contributed by atoms with Crippen molar-refractivity contribution >= 4 is 34.6 Å². The highest BCUT2D eigenvalue weighted by Crippen LogP contribution is 2.34. The number of nitro groups is 1. The summed E-state index contributed by atoms with van der Waals surface area (Å²) in [6, 6.07) is 11.9. The Morgan fingerprint density at radius 2 is 2.00 bits per heavy atom. The van der Waals surface area contributed by atoms with Crippen molar-refractivity contribution in [1.29, 1.82) is 5.26 Å². The van der Waals surface area contributed by atoms with Crippen LogP contribution in [0.5, 0.6) is 0 Å². The Bertz CT molecular complexity index is 1110. The molecule has 0 saturated carbocycles. The summed E-state index contributed by atoms with van der Waals surface area (Å²) in [7, 11) is 0. The van der Waals surface area contributed by atoms with E-state index in [1.807, 2.05) is 0 Å². The molecule has 2 aliphatic rings. The van der Waals surface area contributed by atoms with Gasteiger partial charge in [-0.05, 0) is 30.0 Å². The number of hydrogen-bond acceptors (Lipinski definition) is 8. The summed E-state index contributed by atoms with van der Waals surface area (Å²) in [4.78, 5) is 32.1. The topological polar surface area (TPSA) is 116 Å². The van der Waals surface area contributed by atoms with Crippen molar-refractivity contribution in [3.63, 3.8) is 0 Å². The number of nitro benzene ring substituents is 1. The van der Waals surface area contributed by atoms with Crippen LogP contribution in [0.25, 0.3) is 17.4 Å². The Balaban J connectivity index is 1.43. The van der Waals surface area contributed by atoms with Crippen LogP contribution >= 0.6 is 11.8 Å². The molecule has 31 heavy (non-hydrogen) atoms. The summed E-state index contributed by atoms with van der Waals surface area (Å²) in [5.74, 6) is 0.474.